The predicted molar refractivity (Wildman–Crippen MR) is 79.6 cm³/mol. The molecule has 19 heavy (non-hydrogen) atoms. The number of nitrogen functional groups attached to an aromatic ring is 1. The third kappa shape index (κ3) is 2.96. The van der Waals surface area contributed by atoms with Gasteiger partial charge in [0.1, 0.15) is 9.73 Å². The van der Waals surface area contributed by atoms with Gasteiger partial charge in [-0.2, -0.15) is 0 Å². The molecular formula is C15H18N2OS. The molecule has 1 atom stereocenters. The van der Waals surface area contributed by atoms with E-state index in [0.29, 0.717) is 17.1 Å². The molecular weight excluding hydrogens is 256 g/mol. The highest BCUT2D eigenvalue weighted by molar-refractivity contribution is 7.93. The van der Waals surface area contributed by atoms with Gasteiger partial charge in [0.25, 0.3) is 0 Å². The molecule has 0 saturated heterocycles. The summed E-state index contributed by atoms with van der Waals surface area (Å²) in [6, 6.07) is 16.5. The molecule has 4 heteroatoms. The zero-order valence-electron chi connectivity index (χ0n) is 11.0. The van der Waals surface area contributed by atoms with Crippen molar-refractivity contribution < 1.29 is 4.21 Å². The lowest BCUT2D eigenvalue weighted by Gasteiger charge is -2.11. The molecule has 0 fully saturated rings. The van der Waals surface area contributed by atoms with Crippen molar-refractivity contribution in [2.24, 2.45) is 4.36 Å². The van der Waals surface area contributed by atoms with Gasteiger partial charge in [-0.25, -0.2) is 8.57 Å². The van der Waals surface area contributed by atoms with Crippen LogP contribution >= 0.6 is 0 Å². The number of anilines is 1. The van der Waals surface area contributed by atoms with Crippen LogP contribution in [0.15, 0.2) is 68.8 Å². The molecule has 0 bridgehead atoms. The highest BCUT2D eigenvalue weighted by Gasteiger charge is 2.14. The van der Waals surface area contributed by atoms with Crippen LogP contribution in [0.3, 0.4) is 0 Å². The predicted octanol–water partition coefficient (Wildman–Crippen LogP) is 3.56. The summed E-state index contributed by atoms with van der Waals surface area (Å²) in [4.78, 5) is 1.45. The fourth-order valence-corrected chi connectivity index (χ4v) is 3.80. The summed E-state index contributed by atoms with van der Waals surface area (Å²) in [5.41, 5.74) is 6.35. The number of rotatable bonds is 4. The maximum atomic E-state index is 13.3. The summed E-state index contributed by atoms with van der Waals surface area (Å²) in [5, 5.41) is 0. The molecule has 0 aliphatic heterocycles. The van der Waals surface area contributed by atoms with Gasteiger partial charge in [-0.15, -0.1) is 0 Å². The van der Waals surface area contributed by atoms with Crippen LogP contribution in [0.25, 0.3) is 0 Å². The number of nitrogens with two attached hydrogens (primary N) is 1. The first-order chi connectivity index (χ1) is 9.16. The number of benzene rings is 2. The molecule has 2 N–H and O–H groups in total. The summed E-state index contributed by atoms with van der Waals surface area (Å²) in [6.07, 6.45) is 0.874. The summed E-state index contributed by atoms with van der Waals surface area (Å²) >= 11 is 0. The molecule has 2 aromatic rings. The monoisotopic (exact) mass is 274 g/mol. The van der Waals surface area contributed by atoms with E-state index in [-0.39, 0.29) is 0 Å². The van der Waals surface area contributed by atoms with Crippen molar-refractivity contribution in [2.75, 3.05) is 12.3 Å². The average Bonchev–Trinajstić information content (AvgIpc) is 2.46. The largest absolute Gasteiger partial charge is 0.399 e. The van der Waals surface area contributed by atoms with E-state index < -0.39 is 9.73 Å². The lowest BCUT2D eigenvalue weighted by Crippen LogP contribution is -2.03. The minimum Gasteiger partial charge on any atom is -0.399 e. The normalized spacial score (nSPS) is 13.7. The van der Waals surface area contributed by atoms with Crippen LogP contribution in [0.2, 0.25) is 0 Å². The average molecular weight is 274 g/mol. The Bertz CT molecular complexity index is 642. The number of nitrogens with zero attached hydrogens (tertiary/aromatic N) is 1. The standard InChI is InChI=1S/C15H18N2OS/c1-2-12-17-19(18,14-6-4-3-5-7-14)15-10-8-13(16)9-11-15/h3-11H,2,12,16H2,1H3. The van der Waals surface area contributed by atoms with E-state index in [4.69, 9.17) is 5.73 Å². The second kappa shape index (κ2) is 5.89. The molecule has 0 aliphatic carbocycles. The topological polar surface area (TPSA) is 55.5 Å². The Hall–Kier alpha value is -1.81. The Balaban J connectivity index is 2.59. The van der Waals surface area contributed by atoms with Gasteiger partial charge in [0, 0.05) is 12.2 Å². The van der Waals surface area contributed by atoms with E-state index in [9.17, 15) is 4.21 Å². The summed E-state index contributed by atoms with van der Waals surface area (Å²) in [6.45, 7) is 2.61. The van der Waals surface area contributed by atoms with Crippen molar-refractivity contribution in [1.82, 2.24) is 0 Å². The highest BCUT2D eigenvalue weighted by Crippen LogP contribution is 2.24. The van der Waals surface area contributed by atoms with Crippen molar-refractivity contribution in [2.45, 2.75) is 23.1 Å². The molecule has 2 aromatic carbocycles. The van der Waals surface area contributed by atoms with Crippen LogP contribution in [0.5, 0.6) is 0 Å². The lowest BCUT2D eigenvalue weighted by atomic mass is 10.3. The van der Waals surface area contributed by atoms with E-state index in [2.05, 4.69) is 4.36 Å². The molecule has 0 radical (unpaired) electrons. The van der Waals surface area contributed by atoms with Crippen LogP contribution in [0.1, 0.15) is 13.3 Å². The van der Waals surface area contributed by atoms with E-state index >= 15 is 0 Å². The molecule has 0 amide bonds. The minimum absolute atomic E-state index is 0.581. The van der Waals surface area contributed by atoms with Crippen molar-refractivity contribution >= 4 is 15.4 Å². The van der Waals surface area contributed by atoms with Crippen molar-refractivity contribution in [3.05, 3.63) is 54.6 Å². The van der Waals surface area contributed by atoms with Crippen LogP contribution < -0.4 is 5.73 Å². The van der Waals surface area contributed by atoms with Gasteiger partial charge in [-0.05, 0) is 42.8 Å². The molecule has 1 unspecified atom stereocenters. The highest BCUT2D eigenvalue weighted by atomic mass is 32.2. The van der Waals surface area contributed by atoms with Crippen molar-refractivity contribution in [3.8, 4) is 0 Å². The minimum atomic E-state index is -2.56. The summed E-state index contributed by atoms with van der Waals surface area (Å²) < 4.78 is 17.7. The molecule has 0 aliphatic rings. The van der Waals surface area contributed by atoms with Gasteiger partial charge in [0.15, 0.2) is 0 Å². The third-order valence-corrected chi connectivity index (χ3v) is 5.13. The molecule has 100 valence electrons. The number of hydrogen-bond donors (Lipinski definition) is 1. The number of hydrogen-bond acceptors (Lipinski definition) is 3. The van der Waals surface area contributed by atoms with E-state index in [0.717, 1.165) is 11.3 Å². The van der Waals surface area contributed by atoms with Crippen LogP contribution in [-0.4, -0.2) is 10.8 Å². The second-order valence-corrected chi connectivity index (χ2v) is 6.51. The molecule has 3 nitrogen and oxygen atoms in total. The SMILES string of the molecule is CCCN=S(=O)(c1ccccc1)c1ccc(N)cc1. The maximum absolute atomic E-state index is 13.3. The Morgan fingerprint density at radius 3 is 2.16 bits per heavy atom. The van der Waals surface area contributed by atoms with Gasteiger partial charge >= 0.3 is 0 Å². The van der Waals surface area contributed by atoms with Gasteiger partial charge in [-0.3, -0.25) is 0 Å². The molecule has 2 rings (SSSR count). The van der Waals surface area contributed by atoms with E-state index in [1.54, 1.807) is 24.3 Å². The fourth-order valence-electron chi connectivity index (χ4n) is 1.76. The van der Waals surface area contributed by atoms with Crippen molar-refractivity contribution in [1.29, 1.82) is 0 Å². The molecule has 0 saturated carbocycles. The van der Waals surface area contributed by atoms with Crippen LogP contribution in [0.4, 0.5) is 5.69 Å². The third-order valence-electron chi connectivity index (χ3n) is 2.76. The summed E-state index contributed by atoms with van der Waals surface area (Å²) in [7, 11) is -2.56. The first kappa shape index (κ1) is 13.6. The first-order valence-electron chi connectivity index (χ1n) is 6.30. The Morgan fingerprint density at radius 1 is 1.00 bits per heavy atom. The zero-order valence-corrected chi connectivity index (χ0v) is 11.8. The zero-order chi connectivity index (χ0) is 13.7. The molecule has 0 spiro atoms. The molecule has 0 aromatic heterocycles. The maximum Gasteiger partial charge on any atom is 0.104 e. The van der Waals surface area contributed by atoms with Crippen LogP contribution in [-0.2, 0) is 9.73 Å². The Kier molecular flexibility index (Phi) is 4.22. The van der Waals surface area contributed by atoms with Gasteiger partial charge < -0.3 is 5.73 Å². The van der Waals surface area contributed by atoms with Crippen molar-refractivity contribution in [3.63, 3.8) is 0 Å². The van der Waals surface area contributed by atoms with Gasteiger partial charge in [0.2, 0.25) is 0 Å². The second-order valence-electron chi connectivity index (χ2n) is 4.26. The van der Waals surface area contributed by atoms with Gasteiger partial charge in [-0.1, -0.05) is 25.1 Å². The Labute approximate surface area is 114 Å². The van der Waals surface area contributed by atoms with Gasteiger partial charge in [0.05, 0.1) is 9.79 Å². The first-order valence-corrected chi connectivity index (χ1v) is 7.82. The van der Waals surface area contributed by atoms with E-state index in [1.807, 2.05) is 37.3 Å². The summed E-state index contributed by atoms with van der Waals surface area (Å²) in [5.74, 6) is 0. The van der Waals surface area contributed by atoms with Crippen LogP contribution in [0, 0.1) is 0 Å². The Morgan fingerprint density at radius 2 is 1.58 bits per heavy atom. The molecule has 0 heterocycles. The fraction of sp³-hybridized carbons (Fsp3) is 0.200. The smallest absolute Gasteiger partial charge is 0.104 e. The van der Waals surface area contributed by atoms with E-state index in [1.165, 1.54) is 0 Å². The quantitative estimate of drug-likeness (QED) is 0.867. The lowest BCUT2D eigenvalue weighted by molar-refractivity contribution is 0.673.